The van der Waals surface area contributed by atoms with Crippen LogP contribution in [0.2, 0.25) is 0 Å². The van der Waals surface area contributed by atoms with E-state index in [0.717, 1.165) is 5.56 Å². The van der Waals surface area contributed by atoms with Crippen molar-refractivity contribution in [2.24, 2.45) is 5.73 Å². The molecule has 0 saturated carbocycles. The number of nitrogens with two attached hydrogens (primary N) is 1. The fraction of sp³-hybridized carbons (Fsp3) is 0.333. The van der Waals surface area contributed by atoms with Gasteiger partial charge in [0.1, 0.15) is 0 Å². The molecule has 1 rings (SSSR count). The summed E-state index contributed by atoms with van der Waals surface area (Å²) < 4.78 is 0. The van der Waals surface area contributed by atoms with Crippen molar-refractivity contribution in [3.05, 3.63) is 23.8 Å². The van der Waals surface area contributed by atoms with Crippen molar-refractivity contribution in [3.63, 3.8) is 0 Å². The molecule has 0 aliphatic heterocycles. The maximum absolute atomic E-state index is 11.5. The number of hydrogen-bond donors (Lipinski definition) is 3. The summed E-state index contributed by atoms with van der Waals surface area (Å²) in [6.45, 7) is 4.91. The molecule has 5 nitrogen and oxygen atoms in total. The van der Waals surface area contributed by atoms with Crippen LogP contribution in [-0.4, -0.2) is 17.9 Å². The summed E-state index contributed by atoms with van der Waals surface area (Å²) in [6.07, 6.45) is 0. The van der Waals surface area contributed by atoms with E-state index in [1.54, 1.807) is 19.1 Å². The average Bonchev–Trinajstić information content (AvgIpc) is 2.22. The molecule has 0 aliphatic carbocycles. The molecular weight excluding hydrogens is 254 g/mol. The smallest absolute Gasteiger partial charge is 0.241 e. The number of amides is 2. The number of rotatable bonds is 3. The molecule has 2 amide bonds. The van der Waals surface area contributed by atoms with Gasteiger partial charge in [-0.2, -0.15) is 0 Å². The topological polar surface area (TPSA) is 84.2 Å². The largest absolute Gasteiger partial charge is 0.326 e. The summed E-state index contributed by atoms with van der Waals surface area (Å²) in [6, 6.07) is 4.73. The SMILES string of the molecule is CC(=O)Nc1ccc(C)c(NC(=O)C(C)N)c1.Cl. The van der Waals surface area contributed by atoms with Crippen LogP contribution < -0.4 is 16.4 Å². The Bertz CT molecular complexity index is 447. The molecule has 0 spiro atoms. The first-order valence-electron chi connectivity index (χ1n) is 5.35. The Balaban J connectivity index is 0.00000289. The van der Waals surface area contributed by atoms with Crippen LogP contribution in [0, 0.1) is 6.92 Å². The fourth-order valence-electron chi connectivity index (χ4n) is 1.28. The third kappa shape index (κ3) is 4.73. The van der Waals surface area contributed by atoms with Gasteiger partial charge in [0.05, 0.1) is 6.04 Å². The highest BCUT2D eigenvalue weighted by molar-refractivity contribution is 5.96. The third-order valence-corrected chi connectivity index (χ3v) is 2.23. The molecule has 0 heterocycles. The van der Waals surface area contributed by atoms with E-state index in [9.17, 15) is 9.59 Å². The Morgan fingerprint density at radius 2 is 1.89 bits per heavy atom. The molecule has 0 aromatic heterocycles. The summed E-state index contributed by atoms with van der Waals surface area (Å²) in [4.78, 5) is 22.4. The van der Waals surface area contributed by atoms with Gasteiger partial charge in [-0.1, -0.05) is 6.07 Å². The second-order valence-corrected chi connectivity index (χ2v) is 3.99. The summed E-state index contributed by atoms with van der Waals surface area (Å²) >= 11 is 0. The van der Waals surface area contributed by atoms with Crippen LogP contribution >= 0.6 is 12.4 Å². The van der Waals surface area contributed by atoms with Crippen LogP contribution in [0.4, 0.5) is 11.4 Å². The molecule has 1 aromatic rings. The quantitative estimate of drug-likeness (QED) is 0.782. The van der Waals surface area contributed by atoms with E-state index in [0.29, 0.717) is 11.4 Å². The molecule has 1 atom stereocenters. The van der Waals surface area contributed by atoms with Gasteiger partial charge in [-0.25, -0.2) is 0 Å². The second kappa shape index (κ2) is 6.98. The van der Waals surface area contributed by atoms with E-state index in [1.165, 1.54) is 6.92 Å². The number of nitrogens with one attached hydrogen (secondary N) is 2. The standard InChI is InChI=1S/C12H17N3O2.ClH/c1-7-4-5-10(14-9(3)16)6-11(7)15-12(17)8(2)13;/h4-6,8H,13H2,1-3H3,(H,14,16)(H,15,17);1H. The van der Waals surface area contributed by atoms with Gasteiger partial charge in [0.25, 0.3) is 0 Å². The van der Waals surface area contributed by atoms with Gasteiger partial charge in [0.15, 0.2) is 0 Å². The Labute approximate surface area is 113 Å². The van der Waals surface area contributed by atoms with Crippen molar-refractivity contribution in [1.29, 1.82) is 0 Å². The summed E-state index contributed by atoms with van der Waals surface area (Å²) in [5.74, 6) is -0.411. The lowest BCUT2D eigenvalue weighted by Crippen LogP contribution is -2.32. The number of halogens is 1. The number of aryl methyl sites for hydroxylation is 1. The number of carbonyl (C=O) groups is 2. The van der Waals surface area contributed by atoms with Crippen molar-refractivity contribution in [3.8, 4) is 0 Å². The second-order valence-electron chi connectivity index (χ2n) is 3.99. The van der Waals surface area contributed by atoms with Gasteiger partial charge < -0.3 is 16.4 Å². The minimum atomic E-state index is -0.571. The van der Waals surface area contributed by atoms with E-state index in [2.05, 4.69) is 10.6 Å². The number of anilines is 2. The zero-order valence-corrected chi connectivity index (χ0v) is 11.4. The molecule has 0 bridgehead atoms. The maximum Gasteiger partial charge on any atom is 0.241 e. The van der Waals surface area contributed by atoms with Gasteiger partial charge in [0, 0.05) is 18.3 Å². The number of benzene rings is 1. The highest BCUT2D eigenvalue weighted by atomic mass is 35.5. The van der Waals surface area contributed by atoms with E-state index in [4.69, 9.17) is 5.73 Å². The maximum atomic E-state index is 11.5. The zero-order valence-electron chi connectivity index (χ0n) is 10.6. The lowest BCUT2D eigenvalue weighted by atomic mass is 10.1. The predicted molar refractivity (Wildman–Crippen MR) is 75.0 cm³/mol. The highest BCUT2D eigenvalue weighted by Crippen LogP contribution is 2.20. The van der Waals surface area contributed by atoms with Crippen molar-refractivity contribution < 1.29 is 9.59 Å². The van der Waals surface area contributed by atoms with E-state index in [1.807, 2.05) is 13.0 Å². The van der Waals surface area contributed by atoms with Crippen LogP contribution in [0.25, 0.3) is 0 Å². The number of carbonyl (C=O) groups excluding carboxylic acids is 2. The van der Waals surface area contributed by atoms with Crippen molar-refractivity contribution in [2.45, 2.75) is 26.8 Å². The van der Waals surface area contributed by atoms with Gasteiger partial charge in [0.2, 0.25) is 11.8 Å². The normalized spacial score (nSPS) is 11.1. The minimum absolute atomic E-state index is 0. The van der Waals surface area contributed by atoms with Crippen molar-refractivity contribution >= 4 is 35.6 Å². The van der Waals surface area contributed by atoms with Crippen LogP contribution in [0.1, 0.15) is 19.4 Å². The summed E-state index contributed by atoms with van der Waals surface area (Å²) in [5.41, 5.74) is 7.67. The van der Waals surface area contributed by atoms with Crippen molar-refractivity contribution in [1.82, 2.24) is 0 Å². The summed E-state index contributed by atoms with van der Waals surface area (Å²) in [7, 11) is 0. The molecule has 100 valence electrons. The first-order valence-corrected chi connectivity index (χ1v) is 5.35. The average molecular weight is 272 g/mol. The van der Waals surface area contributed by atoms with Gasteiger partial charge in [-0.15, -0.1) is 12.4 Å². The lowest BCUT2D eigenvalue weighted by molar-refractivity contribution is -0.117. The van der Waals surface area contributed by atoms with Crippen molar-refractivity contribution in [2.75, 3.05) is 10.6 Å². The van der Waals surface area contributed by atoms with Crippen LogP contribution in [-0.2, 0) is 9.59 Å². The first-order chi connectivity index (χ1) is 7.90. The van der Waals surface area contributed by atoms with E-state index < -0.39 is 6.04 Å². The molecule has 1 unspecified atom stereocenters. The van der Waals surface area contributed by atoms with Gasteiger partial charge >= 0.3 is 0 Å². The van der Waals surface area contributed by atoms with E-state index >= 15 is 0 Å². The monoisotopic (exact) mass is 271 g/mol. The Morgan fingerprint density at radius 1 is 1.28 bits per heavy atom. The van der Waals surface area contributed by atoms with Gasteiger partial charge in [-0.3, -0.25) is 9.59 Å². The lowest BCUT2D eigenvalue weighted by Gasteiger charge is -2.12. The minimum Gasteiger partial charge on any atom is -0.326 e. The fourth-order valence-corrected chi connectivity index (χ4v) is 1.28. The zero-order chi connectivity index (χ0) is 13.0. The Kier molecular flexibility index (Phi) is 6.36. The molecule has 18 heavy (non-hydrogen) atoms. The Morgan fingerprint density at radius 3 is 2.39 bits per heavy atom. The van der Waals surface area contributed by atoms with Crippen LogP contribution in [0.5, 0.6) is 0 Å². The molecule has 0 saturated heterocycles. The third-order valence-electron chi connectivity index (χ3n) is 2.23. The van der Waals surface area contributed by atoms with E-state index in [-0.39, 0.29) is 24.2 Å². The number of hydrogen-bond acceptors (Lipinski definition) is 3. The molecule has 0 radical (unpaired) electrons. The molecule has 6 heteroatoms. The van der Waals surface area contributed by atoms with Crippen LogP contribution in [0.15, 0.2) is 18.2 Å². The summed E-state index contributed by atoms with van der Waals surface area (Å²) in [5, 5.41) is 5.36. The molecule has 1 aromatic carbocycles. The Hall–Kier alpha value is -1.59. The molecule has 0 aliphatic rings. The first kappa shape index (κ1) is 16.4. The predicted octanol–water partition coefficient (Wildman–Crippen LogP) is 1.66. The molecule has 0 fully saturated rings. The molecule has 4 N–H and O–H groups in total. The van der Waals surface area contributed by atoms with Crippen LogP contribution in [0.3, 0.4) is 0 Å². The van der Waals surface area contributed by atoms with Gasteiger partial charge in [-0.05, 0) is 31.5 Å². The highest BCUT2D eigenvalue weighted by Gasteiger charge is 2.09. The molecular formula is C12H18ClN3O2.